The van der Waals surface area contributed by atoms with E-state index in [1.165, 1.54) is 12.3 Å². The highest BCUT2D eigenvalue weighted by molar-refractivity contribution is 7.89. The van der Waals surface area contributed by atoms with E-state index < -0.39 is 10.0 Å². The van der Waals surface area contributed by atoms with E-state index >= 15 is 0 Å². The molecule has 1 saturated heterocycles. The minimum atomic E-state index is -3.49. The number of hydrazine groups is 1. The van der Waals surface area contributed by atoms with E-state index in [2.05, 4.69) is 19.9 Å². The van der Waals surface area contributed by atoms with Crippen molar-refractivity contribution < 1.29 is 8.42 Å². The molecule has 0 aliphatic carbocycles. The second kappa shape index (κ2) is 4.50. The highest BCUT2D eigenvalue weighted by Crippen LogP contribution is 2.04. The molecule has 2 N–H and O–H groups in total. The number of nitrogens with one attached hydrogen (secondary N) is 2. The molecule has 0 spiro atoms. The van der Waals surface area contributed by atoms with E-state index in [0.717, 1.165) is 13.1 Å². The van der Waals surface area contributed by atoms with E-state index in [1.807, 2.05) is 7.05 Å². The van der Waals surface area contributed by atoms with Crippen molar-refractivity contribution in [3.05, 3.63) is 12.3 Å². The number of nitrogens with zero attached hydrogens (tertiary/aromatic N) is 3. The van der Waals surface area contributed by atoms with Gasteiger partial charge in [-0.15, -0.1) is 4.83 Å². The lowest BCUT2D eigenvalue weighted by Gasteiger charge is -2.31. The fourth-order valence-corrected chi connectivity index (χ4v) is 2.54. The van der Waals surface area contributed by atoms with E-state index in [0.29, 0.717) is 13.1 Å². The lowest BCUT2D eigenvalue weighted by molar-refractivity contribution is 0.134. The molecule has 2 heterocycles. The fraction of sp³-hybridized carbons (Fsp3) is 0.625. The number of hydrogen-bond acceptors (Lipinski definition) is 5. The lowest BCUT2D eigenvalue weighted by Crippen LogP contribution is -2.52. The molecule has 0 aromatic carbocycles. The van der Waals surface area contributed by atoms with Crippen molar-refractivity contribution in [2.45, 2.75) is 5.03 Å². The Morgan fingerprint density at radius 3 is 2.62 bits per heavy atom. The number of aromatic amines is 1. The van der Waals surface area contributed by atoms with Crippen molar-refractivity contribution in [1.82, 2.24) is 24.9 Å². The molecule has 1 aliphatic rings. The summed E-state index contributed by atoms with van der Waals surface area (Å²) < 4.78 is 23.6. The maximum absolute atomic E-state index is 11.8. The topological polar surface area (TPSA) is 81.3 Å². The Bertz CT molecular complexity index is 421. The molecular weight excluding hydrogens is 230 g/mol. The lowest BCUT2D eigenvalue weighted by atomic mass is 10.4. The summed E-state index contributed by atoms with van der Waals surface area (Å²) >= 11 is 0. The largest absolute Gasteiger partial charge is 0.304 e. The Labute approximate surface area is 94.4 Å². The fourth-order valence-electron chi connectivity index (χ4n) is 1.51. The summed E-state index contributed by atoms with van der Waals surface area (Å²) in [6.07, 6.45) is 1.42. The molecule has 1 aromatic rings. The molecule has 16 heavy (non-hydrogen) atoms. The van der Waals surface area contributed by atoms with Crippen LogP contribution in [0.15, 0.2) is 17.3 Å². The molecule has 0 unspecified atom stereocenters. The molecule has 90 valence electrons. The number of likely N-dealkylation sites (N-methyl/N-ethyl adjacent to an activating group) is 1. The first-order chi connectivity index (χ1) is 7.58. The number of aromatic nitrogens is 2. The molecule has 0 atom stereocenters. The van der Waals surface area contributed by atoms with Crippen LogP contribution in [0.4, 0.5) is 0 Å². The van der Waals surface area contributed by atoms with Crippen molar-refractivity contribution in [1.29, 1.82) is 0 Å². The van der Waals surface area contributed by atoms with Crippen LogP contribution in [0.3, 0.4) is 0 Å². The molecule has 0 amide bonds. The second-order valence-electron chi connectivity index (χ2n) is 3.81. The normalized spacial score (nSPS) is 20.1. The zero-order valence-corrected chi connectivity index (χ0v) is 9.87. The third kappa shape index (κ3) is 2.59. The first-order valence-electron chi connectivity index (χ1n) is 5.03. The number of sulfonamides is 1. The van der Waals surface area contributed by atoms with E-state index in [-0.39, 0.29) is 5.03 Å². The van der Waals surface area contributed by atoms with Crippen LogP contribution in [0, 0.1) is 0 Å². The van der Waals surface area contributed by atoms with Gasteiger partial charge in [0.1, 0.15) is 0 Å². The van der Waals surface area contributed by atoms with Crippen molar-refractivity contribution in [3.63, 3.8) is 0 Å². The smallest absolute Gasteiger partial charge is 0.270 e. The molecule has 1 fully saturated rings. The van der Waals surface area contributed by atoms with Crippen LogP contribution in [0.2, 0.25) is 0 Å². The number of piperazine rings is 1. The zero-order chi connectivity index (χ0) is 11.6. The molecule has 0 bridgehead atoms. The first-order valence-corrected chi connectivity index (χ1v) is 6.51. The predicted molar refractivity (Wildman–Crippen MR) is 58.0 cm³/mol. The van der Waals surface area contributed by atoms with Gasteiger partial charge in [-0.2, -0.15) is 5.10 Å². The summed E-state index contributed by atoms with van der Waals surface area (Å²) in [5.74, 6) is 0. The van der Waals surface area contributed by atoms with Gasteiger partial charge in [-0.25, -0.2) is 13.4 Å². The van der Waals surface area contributed by atoms with Gasteiger partial charge in [-0.1, -0.05) is 0 Å². The first kappa shape index (κ1) is 11.5. The molecule has 2 rings (SSSR count). The van der Waals surface area contributed by atoms with Gasteiger partial charge >= 0.3 is 0 Å². The monoisotopic (exact) mass is 245 g/mol. The Balaban J connectivity index is 2.00. The van der Waals surface area contributed by atoms with E-state index in [9.17, 15) is 8.42 Å². The maximum atomic E-state index is 11.8. The summed E-state index contributed by atoms with van der Waals surface area (Å²) in [6, 6.07) is 1.43. The standard InChI is InChI=1S/C8H15N5O2S/c1-12-4-6-13(7-5-12)11-16(14,15)8-2-3-9-10-8/h2-3,11H,4-7H2,1H3,(H,9,10). The van der Waals surface area contributed by atoms with Crippen molar-refractivity contribution in [2.24, 2.45) is 0 Å². The Morgan fingerprint density at radius 1 is 1.38 bits per heavy atom. The minimum Gasteiger partial charge on any atom is -0.304 e. The highest BCUT2D eigenvalue weighted by atomic mass is 32.2. The van der Waals surface area contributed by atoms with Gasteiger partial charge in [-0.3, -0.25) is 5.10 Å². The molecule has 1 aromatic heterocycles. The predicted octanol–water partition coefficient (Wildman–Crippen LogP) is -1.15. The molecule has 0 radical (unpaired) electrons. The summed E-state index contributed by atoms with van der Waals surface area (Å²) in [5.41, 5.74) is 0. The Hall–Kier alpha value is -0.960. The van der Waals surface area contributed by atoms with Crippen molar-refractivity contribution in [2.75, 3.05) is 33.2 Å². The molecule has 1 aliphatic heterocycles. The average Bonchev–Trinajstić information content (AvgIpc) is 2.75. The number of H-pyrrole nitrogens is 1. The third-order valence-corrected chi connectivity index (χ3v) is 3.82. The second-order valence-corrected chi connectivity index (χ2v) is 5.44. The molecule has 8 heteroatoms. The maximum Gasteiger partial charge on any atom is 0.270 e. The van der Waals surface area contributed by atoms with Crippen LogP contribution in [0.25, 0.3) is 0 Å². The number of rotatable bonds is 3. The SMILES string of the molecule is CN1CCN(NS(=O)(=O)c2ccn[nH]2)CC1. The third-order valence-electron chi connectivity index (χ3n) is 2.52. The summed E-state index contributed by atoms with van der Waals surface area (Å²) in [5, 5.41) is 7.85. The van der Waals surface area contributed by atoms with Crippen LogP contribution < -0.4 is 4.83 Å². The average molecular weight is 245 g/mol. The minimum absolute atomic E-state index is 0.0893. The Morgan fingerprint density at radius 2 is 2.06 bits per heavy atom. The molecule has 7 nitrogen and oxygen atoms in total. The Kier molecular flexibility index (Phi) is 3.24. The van der Waals surface area contributed by atoms with Crippen molar-refractivity contribution in [3.8, 4) is 0 Å². The van der Waals surface area contributed by atoms with Crippen molar-refractivity contribution >= 4 is 10.0 Å². The highest BCUT2D eigenvalue weighted by Gasteiger charge is 2.21. The van der Waals surface area contributed by atoms with E-state index in [4.69, 9.17) is 0 Å². The van der Waals surface area contributed by atoms with Gasteiger partial charge in [0.05, 0.1) is 6.20 Å². The number of hydrogen-bond donors (Lipinski definition) is 2. The van der Waals surface area contributed by atoms with Crippen LogP contribution in [-0.4, -0.2) is 61.8 Å². The van der Waals surface area contributed by atoms with Gasteiger partial charge in [-0.05, 0) is 13.1 Å². The zero-order valence-electron chi connectivity index (χ0n) is 9.05. The van der Waals surface area contributed by atoms with Gasteiger partial charge < -0.3 is 4.90 Å². The van der Waals surface area contributed by atoms with E-state index in [1.54, 1.807) is 5.01 Å². The van der Waals surface area contributed by atoms with Crippen LogP contribution in [-0.2, 0) is 10.0 Å². The van der Waals surface area contributed by atoms with Crippen LogP contribution in [0.5, 0.6) is 0 Å². The molecular formula is C8H15N5O2S. The quantitative estimate of drug-likeness (QED) is 0.703. The van der Waals surface area contributed by atoms with Gasteiger partial charge in [0.25, 0.3) is 10.0 Å². The molecule has 0 saturated carbocycles. The summed E-state index contributed by atoms with van der Waals surface area (Å²) in [6.45, 7) is 3.07. The van der Waals surface area contributed by atoms with Crippen LogP contribution >= 0.6 is 0 Å². The van der Waals surface area contributed by atoms with Crippen LogP contribution in [0.1, 0.15) is 0 Å². The van der Waals surface area contributed by atoms with Gasteiger partial charge in [0, 0.05) is 26.2 Å². The van der Waals surface area contributed by atoms with Gasteiger partial charge in [0.2, 0.25) is 0 Å². The van der Waals surface area contributed by atoms with Gasteiger partial charge in [0.15, 0.2) is 5.03 Å². The summed E-state index contributed by atoms with van der Waals surface area (Å²) in [4.78, 5) is 4.68. The summed E-state index contributed by atoms with van der Waals surface area (Å²) in [7, 11) is -1.48.